The van der Waals surface area contributed by atoms with Crippen molar-refractivity contribution in [3.63, 3.8) is 0 Å². The van der Waals surface area contributed by atoms with E-state index in [9.17, 15) is 32.7 Å². The molecule has 3 aliphatic rings. The summed E-state index contributed by atoms with van der Waals surface area (Å²) in [5.74, 6) is -1.05. The molecule has 0 radical (unpaired) electrons. The lowest BCUT2D eigenvalue weighted by atomic mass is 9.85. The number of likely N-dealkylation sites (tertiary alicyclic amines) is 1. The molecule has 268 valence electrons. The fourth-order valence-corrected chi connectivity index (χ4v) is 7.17. The van der Waals surface area contributed by atoms with Gasteiger partial charge < -0.3 is 29.4 Å². The summed E-state index contributed by atoms with van der Waals surface area (Å²) < 4.78 is 54.3. The zero-order chi connectivity index (χ0) is 36.2. The fourth-order valence-electron chi connectivity index (χ4n) is 6.94. The Morgan fingerprint density at radius 1 is 1.20 bits per heavy atom. The van der Waals surface area contributed by atoms with Gasteiger partial charge >= 0.3 is 6.18 Å². The number of alkyl halides is 3. The Morgan fingerprint density at radius 3 is 2.63 bits per heavy atom. The molecule has 18 heteroatoms. The summed E-state index contributed by atoms with van der Waals surface area (Å²) in [4.78, 5) is 55.6. The molecular weight excluding hydrogens is 697 g/mol. The van der Waals surface area contributed by atoms with Gasteiger partial charge in [-0.2, -0.15) is 22.7 Å². The van der Waals surface area contributed by atoms with Crippen LogP contribution in [-0.4, -0.2) is 77.3 Å². The lowest BCUT2D eigenvalue weighted by Crippen LogP contribution is -2.47. The van der Waals surface area contributed by atoms with Crippen LogP contribution in [0.15, 0.2) is 35.4 Å². The number of halogens is 4. The molecule has 0 bridgehead atoms. The number of ether oxygens (including phenoxy) is 2. The van der Waals surface area contributed by atoms with Gasteiger partial charge in [-0.15, -0.1) is 5.10 Å². The maximum absolute atomic E-state index is 14.4. The Labute approximate surface area is 292 Å². The smallest absolute Gasteiger partial charge is 0.416 e. The number of carbonyl (C=O) groups excluding carboxylic acids is 2. The second-order valence-corrected chi connectivity index (χ2v) is 12.9. The second-order valence-electron chi connectivity index (χ2n) is 12.5. The number of piperidine rings is 1. The topological polar surface area (TPSA) is 166 Å². The van der Waals surface area contributed by atoms with E-state index in [1.807, 2.05) is 6.08 Å². The minimum absolute atomic E-state index is 0.0310. The highest BCUT2D eigenvalue weighted by molar-refractivity contribution is 6.33. The number of anilines is 1. The number of nitrogens with one attached hydrogen (secondary N) is 1. The van der Waals surface area contributed by atoms with Crippen LogP contribution >= 0.6 is 11.6 Å². The summed E-state index contributed by atoms with van der Waals surface area (Å²) in [6.07, 6.45) is -0.945. The molecule has 1 spiro atoms. The third-order valence-corrected chi connectivity index (χ3v) is 9.76. The number of aromatic hydroxyl groups is 1. The Kier molecular flexibility index (Phi) is 8.83. The van der Waals surface area contributed by atoms with Gasteiger partial charge in [-0.05, 0) is 56.4 Å². The van der Waals surface area contributed by atoms with Crippen molar-refractivity contribution >= 4 is 40.5 Å². The normalized spacial score (nSPS) is 18.6. The summed E-state index contributed by atoms with van der Waals surface area (Å²) in [5, 5.41) is 17.4. The molecule has 3 aromatic heterocycles. The monoisotopic (exact) mass is 728 g/mol. The lowest BCUT2D eigenvalue weighted by molar-refractivity contribution is -0.137. The molecule has 1 saturated heterocycles. The average Bonchev–Trinajstić information content (AvgIpc) is 3.68. The number of nitrogens with zero attached hydrogens (tertiary/aromatic N) is 7. The highest BCUT2D eigenvalue weighted by atomic mass is 35.5. The van der Waals surface area contributed by atoms with Gasteiger partial charge in [0.1, 0.15) is 18.5 Å². The van der Waals surface area contributed by atoms with Crippen molar-refractivity contribution in [2.24, 2.45) is 0 Å². The van der Waals surface area contributed by atoms with Gasteiger partial charge in [-0.25, -0.2) is 9.97 Å². The molecule has 2 amide bonds. The molecule has 14 nitrogen and oxygen atoms in total. The van der Waals surface area contributed by atoms with Gasteiger partial charge in [0.25, 0.3) is 11.5 Å². The van der Waals surface area contributed by atoms with Crippen molar-refractivity contribution in [3.05, 3.63) is 80.0 Å². The van der Waals surface area contributed by atoms with Gasteiger partial charge in [0.2, 0.25) is 11.7 Å². The van der Waals surface area contributed by atoms with Gasteiger partial charge in [0, 0.05) is 13.1 Å². The van der Waals surface area contributed by atoms with Crippen LogP contribution in [0.25, 0.3) is 11.4 Å². The molecule has 2 N–H and O–H groups in total. The maximum atomic E-state index is 14.4. The summed E-state index contributed by atoms with van der Waals surface area (Å²) >= 11 is 6.12. The minimum Gasteiger partial charge on any atom is -0.504 e. The first-order chi connectivity index (χ1) is 24.3. The van der Waals surface area contributed by atoms with Crippen molar-refractivity contribution in [1.29, 1.82) is 0 Å². The Morgan fingerprint density at radius 2 is 1.96 bits per heavy atom. The van der Waals surface area contributed by atoms with E-state index in [0.717, 1.165) is 28.3 Å². The van der Waals surface area contributed by atoms with Gasteiger partial charge in [-0.3, -0.25) is 14.4 Å². The molecule has 0 aliphatic carbocycles. The van der Waals surface area contributed by atoms with Crippen molar-refractivity contribution in [3.8, 4) is 5.75 Å². The maximum Gasteiger partial charge on any atom is 0.416 e. The van der Waals surface area contributed by atoms with E-state index in [-0.39, 0.29) is 65.3 Å². The number of fused-ring (bicyclic) bond motifs is 3. The zero-order valence-electron chi connectivity index (χ0n) is 27.5. The highest BCUT2D eigenvalue weighted by Crippen LogP contribution is 2.48. The van der Waals surface area contributed by atoms with E-state index >= 15 is 0 Å². The molecule has 1 aromatic carbocycles. The van der Waals surface area contributed by atoms with Crippen LogP contribution in [0, 0.1) is 0 Å². The molecule has 6 heterocycles. The summed E-state index contributed by atoms with van der Waals surface area (Å²) in [5.41, 5.74) is -0.975. The average molecular weight is 729 g/mol. The van der Waals surface area contributed by atoms with E-state index < -0.39 is 47.4 Å². The quantitative estimate of drug-likeness (QED) is 0.293. The number of amides is 2. The van der Waals surface area contributed by atoms with E-state index in [1.165, 1.54) is 15.8 Å². The Bertz CT molecular complexity index is 2160. The number of carbonyl (C=O) groups is 2. The lowest BCUT2D eigenvalue weighted by Gasteiger charge is -2.39. The number of aryl methyl sites for hydroxylation is 1. The van der Waals surface area contributed by atoms with Crippen LogP contribution in [-0.2, 0) is 39.0 Å². The summed E-state index contributed by atoms with van der Waals surface area (Å²) in [6, 6.07) is 2.61. The van der Waals surface area contributed by atoms with E-state index in [2.05, 4.69) is 25.4 Å². The molecule has 1 fully saturated rings. The SMILES string of the molecule is CCc1ncnc(C(=O)N2CCC3(CC2)O[C@H](C)c2c3c(=O)n3nc(C4=CCOCC4)nc3n2CC(=O)Nc2ccc(C(F)(F)F)cc2Cl)c1O. The first-order valence-electron chi connectivity index (χ1n) is 16.3. The summed E-state index contributed by atoms with van der Waals surface area (Å²) in [7, 11) is 0. The molecule has 3 aliphatic heterocycles. The highest BCUT2D eigenvalue weighted by Gasteiger charge is 2.50. The predicted octanol–water partition coefficient (Wildman–Crippen LogP) is 4.29. The molecule has 51 heavy (non-hydrogen) atoms. The standard InChI is InChI=1S/C33H32ClF3N8O6/c1-3-21-27(47)25(39-16-38-21)30(49)43-10-8-32(9-11-43)24-26(17(2)51-32)44(15-23(46)40-22-5-4-19(14-20(22)34)33(35,36)37)31-41-28(42-45(31)29(24)48)18-6-12-50-13-7-18/h4-6,14,16-17,47H,3,7-13,15H2,1-2H3,(H,40,46)/t17-/m1/s1. The fraction of sp³-hybridized carbons (Fsp3) is 0.424. The first-order valence-corrected chi connectivity index (χ1v) is 16.7. The largest absolute Gasteiger partial charge is 0.504 e. The number of hydrogen-bond donors (Lipinski definition) is 2. The zero-order valence-corrected chi connectivity index (χ0v) is 28.2. The van der Waals surface area contributed by atoms with Gasteiger partial charge in [0.15, 0.2) is 17.3 Å². The van der Waals surface area contributed by atoms with E-state index in [0.29, 0.717) is 37.4 Å². The van der Waals surface area contributed by atoms with Crippen molar-refractivity contribution in [2.45, 2.75) is 64.0 Å². The van der Waals surface area contributed by atoms with Crippen molar-refractivity contribution < 1.29 is 37.3 Å². The number of aromatic nitrogens is 6. The van der Waals surface area contributed by atoms with Crippen molar-refractivity contribution in [1.82, 2.24) is 34.0 Å². The number of benzene rings is 1. The first kappa shape index (κ1) is 34.6. The van der Waals surface area contributed by atoms with E-state index in [1.54, 1.807) is 13.8 Å². The third kappa shape index (κ3) is 6.12. The Hall–Kier alpha value is -4.87. The van der Waals surface area contributed by atoms with Crippen LogP contribution in [0.3, 0.4) is 0 Å². The second kappa shape index (κ2) is 13.0. The molecule has 0 unspecified atom stereocenters. The summed E-state index contributed by atoms with van der Waals surface area (Å²) in [6.45, 7) is 4.24. The molecule has 7 rings (SSSR count). The van der Waals surface area contributed by atoms with Crippen molar-refractivity contribution in [2.75, 3.05) is 31.6 Å². The molecule has 1 atom stereocenters. The van der Waals surface area contributed by atoms with Crippen LogP contribution < -0.4 is 10.9 Å². The predicted molar refractivity (Wildman–Crippen MR) is 175 cm³/mol. The third-order valence-electron chi connectivity index (χ3n) is 9.44. The van der Waals surface area contributed by atoms with E-state index in [4.69, 9.17) is 21.1 Å². The molecule has 0 saturated carbocycles. The Balaban J connectivity index is 1.25. The number of rotatable bonds is 6. The minimum atomic E-state index is -4.62. The van der Waals surface area contributed by atoms with Crippen LogP contribution in [0.4, 0.5) is 18.9 Å². The van der Waals surface area contributed by atoms with Gasteiger partial charge in [-0.1, -0.05) is 24.6 Å². The molecule has 4 aromatic rings. The van der Waals surface area contributed by atoms with Gasteiger partial charge in [0.05, 0.1) is 52.5 Å². The molecular formula is C33H32ClF3N8O6. The van der Waals surface area contributed by atoms with Crippen LogP contribution in [0.2, 0.25) is 5.02 Å². The van der Waals surface area contributed by atoms with Crippen LogP contribution in [0.5, 0.6) is 5.75 Å². The van der Waals surface area contributed by atoms with Crippen LogP contribution in [0.1, 0.15) is 78.0 Å². The number of hydrogen-bond acceptors (Lipinski definition) is 10.